The molecule has 0 saturated heterocycles. The topological polar surface area (TPSA) is 0 Å². The predicted molar refractivity (Wildman–Crippen MR) is 107 cm³/mol. The molecule has 0 saturated carbocycles. The van der Waals surface area contributed by atoms with Crippen molar-refractivity contribution < 1.29 is 4.48 Å². The second-order valence-corrected chi connectivity index (χ2v) is 7.99. The maximum atomic E-state index is 2.42. The van der Waals surface area contributed by atoms with Gasteiger partial charge in [-0.2, -0.15) is 0 Å². The summed E-state index contributed by atoms with van der Waals surface area (Å²) in [6, 6.07) is 0. The van der Waals surface area contributed by atoms with Crippen LogP contribution in [-0.4, -0.2) is 31.7 Å². The molecule has 0 aromatic rings. The summed E-state index contributed by atoms with van der Waals surface area (Å²) in [6.45, 7) is 7.07. The summed E-state index contributed by atoms with van der Waals surface area (Å²) in [6.07, 6.45) is 24.6. The lowest BCUT2D eigenvalue weighted by Crippen LogP contribution is -2.40. The largest absolute Gasteiger partial charge is 0.325 e. The summed E-state index contributed by atoms with van der Waals surface area (Å²) in [5, 5.41) is 0. The second-order valence-electron chi connectivity index (χ2n) is 7.99. The van der Waals surface area contributed by atoms with Gasteiger partial charge in [0.1, 0.15) is 0 Å². The monoisotopic (exact) mass is 324 g/mol. The molecule has 23 heavy (non-hydrogen) atoms. The SMILES string of the molecule is CCCCCCCCCCCCC/C=C/C[N+](C)(C)CCCC. The molecule has 0 spiro atoms. The molecule has 0 unspecified atom stereocenters. The fourth-order valence-electron chi connectivity index (χ4n) is 3.08. The highest BCUT2D eigenvalue weighted by molar-refractivity contribution is 4.81. The number of quaternary nitrogens is 1. The van der Waals surface area contributed by atoms with Gasteiger partial charge in [0, 0.05) is 0 Å². The van der Waals surface area contributed by atoms with Gasteiger partial charge in [0.05, 0.1) is 27.2 Å². The van der Waals surface area contributed by atoms with Crippen LogP contribution in [0.2, 0.25) is 0 Å². The van der Waals surface area contributed by atoms with E-state index in [-0.39, 0.29) is 0 Å². The Morgan fingerprint density at radius 2 is 1.04 bits per heavy atom. The summed E-state index contributed by atoms with van der Waals surface area (Å²) in [5.74, 6) is 0. The zero-order valence-electron chi connectivity index (χ0n) is 16.9. The first kappa shape index (κ1) is 22.7. The van der Waals surface area contributed by atoms with Gasteiger partial charge in [-0.05, 0) is 25.3 Å². The minimum Gasteiger partial charge on any atom is -0.325 e. The molecule has 1 nitrogen and oxygen atoms in total. The highest BCUT2D eigenvalue weighted by Gasteiger charge is 2.10. The first-order chi connectivity index (χ1) is 11.1. The summed E-state index contributed by atoms with van der Waals surface area (Å²) >= 11 is 0. The van der Waals surface area contributed by atoms with Crippen LogP contribution in [0.4, 0.5) is 0 Å². The molecule has 138 valence electrons. The lowest BCUT2D eigenvalue weighted by atomic mass is 10.1. The van der Waals surface area contributed by atoms with E-state index in [0.717, 1.165) is 4.48 Å². The van der Waals surface area contributed by atoms with Crippen LogP contribution in [0.15, 0.2) is 12.2 Å². The highest BCUT2D eigenvalue weighted by atomic mass is 15.3. The molecule has 0 N–H and O–H groups in total. The fourth-order valence-corrected chi connectivity index (χ4v) is 3.08. The van der Waals surface area contributed by atoms with Crippen LogP contribution in [0, 0.1) is 0 Å². The van der Waals surface area contributed by atoms with E-state index >= 15 is 0 Å². The molecule has 0 rings (SSSR count). The van der Waals surface area contributed by atoms with Crippen LogP contribution in [-0.2, 0) is 0 Å². The van der Waals surface area contributed by atoms with E-state index in [1.54, 1.807) is 0 Å². The maximum Gasteiger partial charge on any atom is 0.0969 e. The number of nitrogens with zero attached hydrogens (tertiary/aromatic N) is 1. The molecule has 0 aromatic carbocycles. The number of unbranched alkanes of at least 4 members (excludes halogenated alkanes) is 12. The molecule has 0 aliphatic carbocycles. The van der Waals surface area contributed by atoms with Gasteiger partial charge in [0.25, 0.3) is 0 Å². The fraction of sp³-hybridized carbons (Fsp3) is 0.909. The lowest BCUT2D eigenvalue weighted by Gasteiger charge is -2.28. The van der Waals surface area contributed by atoms with E-state index in [9.17, 15) is 0 Å². The van der Waals surface area contributed by atoms with Crippen LogP contribution in [0.25, 0.3) is 0 Å². The van der Waals surface area contributed by atoms with E-state index in [0.29, 0.717) is 0 Å². The number of hydrogen-bond acceptors (Lipinski definition) is 0. The third kappa shape index (κ3) is 17.9. The molecule has 0 aliphatic rings. The molecule has 0 aliphatic heterocycles. The zero-order valence-corrected chi connectivity index (χ0v) is 16.9. The van der Waals surface area contributed by atoms with Gasteiger partial charge in [-0.1, -0.05) is 90.6 Å². The van der Waals surface area contributed by atoms with Crippen LogP contribution >= 0.6 is 0 Å². The van der Waals surface area contributed by atoms with Crippen LogP contribution in [0.5, 0.6) is 0 Å². The molecule has 0 heterocycles. The standard InChI is InChI=1S/C22H46N/c1-5-7-9-10-11-12-13-14-15-16-17-18-19-20-22-23(3,4)21-8-6-2/h19-20H,5-18,21-22H2,1-4H3/q+1/b20-19+. The summed E-state index contributed by atoms with van der Waals surface area (Å²) in [7, 11) is 4.70. The smallest absolute Gasteiger partial charge is 0.0969 e. The van der Waals surface area contributed by atoms with Crippen LogP contribution in [0.1, 0.15) is 104 Å². The van der Waals surface area contributed by atoms with Gasteiger partial charge in [0.15, 0.2) is 0 Å². The molecule has 1 heteroatoms. The molecular weight excluding hydrogens is 278 g/mol. The number of allylic oxidation sites excluding steroid dienone is 1. The Hall–Kier alpha value is -0.300. The Labute approximate surface area is 148 Å². The third-order valence-electron chi connectivity index (χ3n) is 4.86. The van der Waals surface area contributed by atoms with Gasteiger partial charge < -0.3 is 4.48 Å². The van der Waals surface area contributed by atoms with Gasteiger partial charge in [0.2, 0.25) is 0 Å². The van der Waals surface area contributed by atoms with Crippen molar-refractivity contribution >= 4 is 0 Å². The summed E-state index contributed by atoms with van der Waals surface area (Å²) < 4.78 is 1.14. The van der Waals surface area contributed by atoms with Crippen molar-refractivity contribution in [3.8, 4) is 0 Å². The zero-order chi connectivity index (χ0) is 17.2. The predicted octanol–water partition coefficient (Wildman–Crippen LogP) is 7.12. The molecule has 0 fully saturated rings. The van der Waals surface area contributed by atoms with Gasteiger partial charge >= 0.3 is 0 Å². The quantitative estimate of drug-likeness (QED) is 0.152. The van der Waals surface area contributed by atoms with E-state index in [1.165, 1.54) is 103 Å². The highest BCUT2D eigenvalue weighted by Crippen LogP contribution is 2.12. The van der Waals surface area contributed by atoms with Crippen molar-refractivity contribution in [2.24, 2.45) is 0 Å². The van der Waals surface area contributed by atoms with Crippen molar-refractivity contribution in [2.75, 3.05) is 27.2 Å². The summed E-state index contributed by atoms with van der Waals surface area (Å²) in [4.78, 5) is 0. The van der Waals surface area contributed by atoms with Crippen molar-refractivity contribution in [3.05, 3.63) is 12.2 Å². The third-order valence-corrected chi connectivity index (χ3v) is 4.86. The molecule has 0 radical (unpaired) electrons. The second kappa shape index (κ2) is 16.6. The van der Waals surface area contributed by atoms with Crippen molar-refractivity contribution in [2.45, 2.75) is 104 Å². The molecule has 0 atom stereocenters. The number of hydrogen-bond donors (Lipinski definition) is 0. The molecule has 0 amide bonds. The normalized spacial score (nSPS) is 12.3. The minimum atomic E-state index is 1.14. The maximum absolute atomic E-state index is 2.42. The van der Waals surface area contributed by atoms with Gasteiger partial charge in [-0.15, -0.1) is 0 Å². The lowest BCUT2D eigenvalue weighted by molar-refractivity contribution is -0.884. The summed E-state index contributed by atoms with van der Waals surface area (Å²) in [5.41, 5.74) is 0. The molecular formula is C22H46N+. The first-order valence-corrected chi connectivity index (χ1v) is 10.6. The van der Waals surface area contributed by atoms with Crippen LogP contribution < -0.4 is 0 Å². The first-order valence-electron chi connectivity index (χ1n) is 10.6. The van der Waals surface area contributed by atoms with E-state index in [4.69, 9.17) is 0 Å². The van der Waals surface area contributed by atoms with Crippen molar-refractivity contribution in [1.29, 1.82) is 0 Å². The Balaban J connectivity index is 3.28. The van der Waals surface area contributed by atoms with Gasteiger partial charge in [-0.3, -0.25) is 0 Å². The average molecular weight is 325 g/mol. The van der Waals surface area contributed by atoms with E-state index in [1.807, 2.05) is 0 Å². The Bertz CT molecular complexity index is 255. The number of rotatable bonds is 17. The van der Waals surface area contributed by atoms with E-state index in [2.05, 4.69) is 40.1 Å². The number of likely N-dealkylation sites (N-methyl/N-ethyl adjacent to an activating group) is 1. The molecule has 0 aromatic heterocycles. The molecule has 0 bridgehead atoms. The Morgan fingerprint density at radius 1 is 0.565 bits per heavy atom. The van der Waals surface area contributed by atoms with Crippen LogP contribution in [0.3, 0.4) is 0 Å². The van der Waals surface area contributed by atoms with Crippen molar-refractivity contribution in [1.82, 2.24) is 0 Å². The average Bonchev–Trinajstić information content (AvgIpc) is 2.53. The minimum absolute atomic E-state index is 1.14. The van der Waals surface area contributed by atoms with Crippen molar-refractivity contribution in [3.63, 3.8) is 0 Å². The Morgan fingerprint density at radius 3 is 1.57 bits per heavy atom. The van der Waals surface area contributed by atoms with E-state index < -0.39 is 0 Å². The Kier molecular flexibility index (Phi) is 16.3. The van der Waals surface area contributed by atoms with Gasteiger partial charge in [-0.25, -0.2) is 0 Å².